The molecule has 4 N–H and O–H groups in total. The summed E-state index contributed by atoms with van der Waals surface area (Å²) >= 11 is 0. The van der Waals surface area contributed by atoms with Gasteiger partial charge in [-0.2, -0.15) is 18.3 Å². The molecule has 4 aromatic rings. The number of nitrogens with zero attached hydrogens (tertiary/aromatic N) is 2. The molecular formula is C25H22F4N4O5S. The number of halogens is 4. The summed E-state index contributed by atoms with van der Waals surface area (Å²) in [4.78, 5) is 10.9. The first-order chi connectivity index (χ1) is 18.2. The topological polar surface area (TPSA) is 134 Å². The van der Waals surface area contributed by atoms with E-state index in [1.807, 2.05) is 0 Å². The molecule has 1 unspecified atom stereocenters. The van der Waals surface area contributed by atoms with Crippen molar-refractivity contribution in [3.8, 4) is 5.69 Å². The smallest absolute Gasteiger partial charge is 0.420 e. The van der Waals surface area contributed by atoms with Gasteiger partial charge in [0.2, 0.25) is 10.0 Å². The van der Waals surface area contributed by atoms with E-state index in [1.165, 1.54) is 35.1 Å². The maximum Gasteiger partial charge on any atom is 0.420 e. The molecule has 0 bridgehead atoms. The summed E-state index contributed by atoms with van der Waals surface area (Å²) in [5.41, 5.74) is -1.86. The van der Waals surface area contributed by atoms with Crippen LogP contribution in [0.25, 0.3) is 16.6 Å². The number of hydrogen-bond donors (Lipinski definition) is 4. The third-order valence-corrected chi connectivity index (χ3v) is 7.37. The molecule has 0 aliphatic rings. The minimum Gasteiger partial charge on any atom is -0.478 e. The molecule has 0 radical (unpaired) electrons. The predicted molar refractivity (Wildman–Crippen MR) is 134 cm³/mol. The Bertz CT molecular complexity index is 1640. The van der Waals surface area contributed by atoms with Crippen molar-refractivity contribution >= 4 is 32.6 Å². The molecule has 1 atom stereocenters. The molecular weight excluding hydrogens is 544 g/mol. The van der Waals surface area contributed by atoms with Gasteiger partial charge >= 0.3 is 12.1 Å². The van der Waals surface area contributed by atoms with Crippen LogP contribution >= 0.6 is 0 Å². The van der Waals surface area contributed by atoms with Crippen LogP contribution in [0.4, 0.5) is 23.2 Å². The van der Waals surface area contributed by atoms with Gasteiger partial charge in [-0.25, -0.2) is 27.0 Å². The van der Waals surface area contributed by atoms with E-state index in [0.29, 0.717) is 22.2 Å². The number of aliphatic hydroxyl groups is 1. The minimum atomic E-state index is -5.24. The number of benzene rings is 3. The van der Waals surface area contributed by atoms with Gasteiger partial charge < -0.3 is 15.5 Å². The molecule has 0 amide bonds. The highest BCUT2D eigenvalue weighted by atomic mass is 32.2. The molecule has 0 spiro atoms. The quantitative estimate of drug-likeness (QED) is 0.226. The van der Waals surface area contributed by atoms with Crippen LogP contribution in [0.3, 0.4) is 0 Å². The van der Waals surface area contributed by atoms with E-state index in [9.17, 15) is 41.0 Å². The third kappa shape index (κ3) is 5.87. The minimum absolute atomic E-state index is 0.0143. The SMILES string of the molecule is Cc1cc(NCC(O)(CNS(=O)(=O)c2ccc(F)cc2)C(F)(F)F)c2cnn(-c3cccc(C(=O)O)c3)c2c1. The highest BCUT2D eigenvalue weighted by molar-refractivity contribution is 7.89. The zero-order valence-corrected chi connectivity index (χ0v) is 21.0. The standard InChI is InChI=1S/C25H22F4N4O5S/c1-15-9-21(20-12-31-33(22(20)10-15)18-4-2-3-16(11-18)23(34)35)30-13-24(36,25(27,28)29)14-32-39(37,38)19-7-5-17(26)6-8-19/h2-12,30,32,36H,13-14H2,1H3,(H,34,35). The molecule has 39 heavy (non-hydrogen) atoms. The second-order valence-corrected chi connectivity index (χ2v) is 10.6. The highest BCUT2D eigenvalue weighted by Crippen LogP contribution is 2.33. The summed E-state index contributed by atoms with van der Waals surface area (Å²) in [5.74, 6) is -1.87. The molecule has 0 fully saturated rings. The second-order valence-electron chi connectivity index (χ2n) is 8.82. The lowest BCUT2D eigenvalue weighted by molar-refractivity contribution is -0.250. The molecule has 1 aromatic heterocycles. The summed E-state index contributed by atoms with van der Waals surface area (Å²) in [6.07, 6.45) is -3.87. The number of alkyl halides is 3. The number of carboxylic acid groups (broad SMARTS) is 1. The van der Waals surface area contributed by atoms with Crippen molar-refractivity contribution < 1.29 is 41.0 Å². The van der Waals surface area contributed by atoms with E-state index in [0.717, 1.165) is 24.3 Å². The number of anilines is 1. The lowest BCUT2D eigenvalue weighted by Crippen LogP contribution is -2.57. The Kier molecular flexibility index (Phi) is 7.38. The molecule has 0 saturated heterocycles. The van der Waals surface area contributed by atoms with Crippen LogP contribution in [0.15, 0.2) is 71.8 Å². The van der Waals surface area contributed by atoms with Crippen LogP contribution in [0.5, 0.6) is 0 Å². The number of rotatable bonds is 9. The monoisotopic (exact) mass is 566 g/mol. The lowest BCUT2D eigenvalue weighted by Gasteiger charge is -2.31. The molecule has 3 aromatic carbocycles. The van der Waals surface area contributed by atoms with Gasteiger partial charge in [0, 0.05) is 11.1 Å². The molecule has 206 valence electrons. The summed E-state index contributed by atoms with van der Waals surface area (Å²) in [5, 5.41) is 27.0. The Labute approximate surface area is 219 Å². The Morgan fingerprint density at radius 2 is 1.74 bits per heavy atom. The van der Waals surface area contributed by atoms with Gasteiger partial charge in [-0.3, -0.25) is 0 Å². The van der Waals surface area contributed by atoms with E-state index in [2.05, 4.69) is 10.4 Å². The second kappa shape index (κ2) is 10.3. The number of nitrogens with one attached hydrogen (secondary N) is 2. The molecule has 0 aliphatic carbocycles. The van der Waals surface area contributed by atoms with Gasteiger partial charge in [-0.1, -0.05) is 6.07 Å². The van der Waals surface area contributed by atoms with Gasteiger partial charge in [0.05, 0.1) is 40.9 Å². The van der Waals surface area contributed by atoms with Crippen molar-refractivity contribution in [3.63, 3.8) is 0 Å². The first kappa shape index (κ1) is 28.0. The van der Waals surface area contributed by atoms with Crippen molar-refractivity contribution in [2.45, 2.75) is 23.6 Å². The lowest BCUT2D eigenvalue weighted by atomic mass is 10.0. The Morgan fingerprint density at radius 3 is 2.38 bits per heavy atom. The number of sulfonamides is 1. The summed E-state index contributed by atoms with van der Waals surface area (Å²) < 4.78 is 82.9. The fraction of sp³-hybridized carbons (Fsp3) is 0.200. The average Bonchev–Trinajstić information content (AvgIpc) is 3.29. The molecule has 0 aliphatic heterocycles. The third-order valence-electron chi connectivity index (χ3n) is 5.95. The van der Waals surface area contributed by atoms with Crippen LogP contribution in [0.2, 0.25) is 0 Å². The summed E-state index contributed by atoms with van der Waals surface area (Å²) in [7, 11) is -4.49. The van der Waals surface area contributed by atoms with Gasteiger partial charge in [-0.15, -0.1) is 0 Å². The van der Waals surface area contributed by atoms with Gasteiger partial charge in [-0.05, 0) is 67.1 Å². The number of aryl methyl sites for hydroxylation is 1. The first-order valence-corrected chi connectivity index (χ1v) is 12.8. The van der Waals surface area contributed by atoms with E-state index in [-0.39, 0.29) is 11.3 Å². The van der Waals surface area contributed by atoms with Crippen molar-refractivity contribution in [3.05, 3.63) is 83.8 Å². The maximum atomic E-state index is 13.9. The number of hydrogen-bond acceptors (Lipinski definition) is 6. The first-order valence-electron chi connectivity index (χ1n) is 11.3. The Balaban J connectivity index is 1.61. The number of carboxylic acids is 1. The molecule has 1 heterocycles. The Morgan fingerprint density at radius 1 is 1.05 bits per heavy atom. The normalized spacial score (nSPS) is 13.8. The van der Waals surface area contributed by atoms with Crippen molar-refractivity contribution in [2.75, 3.05) is 18.4 Å². The van der Waals surface area contributed by atoms with Gasteiger partial charge in [0.25, 0.3) is 0 Å². The number of aromatic nitrogens is 2. The van der Waals surface area contributed by atoms with Crippen LogP contribution in [-0.2, 0) is 10.0 Å². The highest BCUT2D eigenvalue weighted by Gasteiger charge is 2.54. The van der Waals surface area contributed by atoms with Gasteiger partial charge in [0.15, 0.2) is 5.60 Å². The van der Waals surface area contributed by atoms with Crippen LogP contribution in [0, 0.1) is 12.7 Å². The van der Waals surface area contributed by atoms with Crippen LogP contribution < -0.4 is 10.0 Å². The summed E-state index contributed by atoms with van der Waals surface area (Å²) in [6.45, 7) is -0.859. The number of fused-ring (bicyclic) bond motifs is 1. The molecule has 9 nitrogen and oxygen atoms in total. The largest absolute Gasteiger partial charge is 0.478 e. The summed E-state index contributed by atoms with van der Waals surface area (Å²) in [6, 6.07) is 12.6. The van der Waals surface area contributed by atoms with E-state index in [1.54, 1.807) is 23.8 Å². The fourth-order valence-corrected chi connectivity index (χ4v) is 4.90. The number of carbonyl (C=O) groups is 1. The van der Waals surface area contributed by atoms with Crippen LogP contribution in [-0.4, -0.2) is 59.2 Å². The van der Waals surface area contributed by atoms with E-state index in [4.69, 9.17) is 0 Å². The Hall–Kier alpha value is -4.01. The molecule has 4 rings (SSSR count). The fourth-order valence-electron chi connectivity index (χ4n) is 3.81. The molecule has 14 heteroatoms. The molecule has 0 saturated carbocycles. The van der Waals surface area contributed by atoms with Crippen molar-refractivity contribution in [1.29, 1.82) is 0 Å². The predicted octanol–water partition coefficient (Wildman–Crippen LogP) is 3.86. The average molecular weight is 567 g/mol. The van der Waals surface area contributed by atoms with Crippen LogP contribution in [0.1, 0.15) is 15.9 Å². The maximum absolute atomic E-state index is 13.9. The zero-order chi connectivity index (χ0) is 28.6. The van der Waals surface area contributed by atoms with Gasteiger partial charge in [0.1, 0.15) is 5.82 Å². The van der Waals surface area contributed by atoms with Crippen molar-refractivity contribution in [2.24, 2.45) is 0 Å². The van der Waals surface area contributed by atoms with Crippen molar-refractivity contribution in [1.82, 2.24) is 14.5 Å². The van der Waals surface area contributed by atoms with E-state index < -0.39 is 51.6 Å². The number of aromatic carboxylic acids is 1. The van der Waals surface area contributed by atoms with E-state index >= 15 is 0 Å². The zero-order valence-electron chi connectivity index (χ0n) is 20.2.